The number of thiazole rings is 1. The molecule has 0 unspecified atom stereocenters. The summed E-state index contributed by atoms with van der Waals surface area (Å²) in [5.74, 6) is -0.294. The van der Waals surface area contributed by atoms with Gasteiger partial charge in [-0.15, -0.1) is 0 Å². The monoisotopic (exact) mass is 485 g/mol. The number of rotatable bonds is 6. The van der Waals surface area contributed by atoms with Crippen molar-refractivity contribution >= 4 is 54.0 Å². The van der Waals surface area contributed by atoms with E-state index in [2.05, 4.69) is 9.97 Å². The number of nitrogens with zero attached hydrogens (tertiary/aromatic N) is 3. The summed E-state index contributed by atoms with van der Waals surface area (Å²) in [4.78, 5) is 24.0. The number of sulfone groups is 1. The smallest absolute Gasteiger partial charge is 0.260 e. The van der Waals surface area contributed by atoms with Crippen molar-refractivity contribution in [3.8, 4) is 0 Å². The van der Waals surface area contributed by atoms with Crippen LogP contribution < -0.4 is 4.90 Å². The van der Waals surface area contributed by atoms with Crippen LogP contribution in [-0.2, 0) is 16.4 Å². The molecule has 0 saturated heterocycles. The van der Waals surface area contributed by atoms with Gasteiger partial charge in [-0.2, -0.15) is 0 Å². The maximum atomic E-state index is 13.5. The van der Waals surface area contributed by atoms with Crippen LogP contribution in [0.3, 0.4) is 0 Å². The predicted molar refractivity (Wildman–Crippen MR) is 128 cm³/mol. The third-order valence-electron chi connectivity index (χ3n) is 4.95. The average molecular weight is 486 g/mol. The molecule has 2 aromatic heterocycles. The maximum absolute atomic E-state index is 13.5. The lowest BCUT2D eigenvalue weighted by atomic mass is 10.2. The molecule has 0 aliphatic rings. The highest BCUT2D eigenvalue weighted by Gasteiger charge is 2.24. The van der Waals surface area contributed by atoms with Gasteiger partial charge in [-0.25, -0.2) is 13.4 Å². The summed E-state index contributed by atoms with van der Waals surface area (Å²) < 4.78 is 25.7. The van der Waals surface area contributed by atoms with Gasteiger partial charge in [-0.1, -0.05) is 35.1 Å². The number of fused-ring (bicyclic) bond motifs is 1. The molecule has 9 heteroatoms. The van der Waals surface area contributed by atoms with E-state index in [-0.39, 0.29) is 17.3 Å². The minimum atomic E-state index is -3.42. The van der Waals surface area contributed by atoms with Crippen LogP contribution in [0.5, 0.6) is 0 Å². The molecule has 4 rings (SSSR count). The van der Waals surface area contributed by atoms with Crippen LogP contribution >= 0.6 is 22.9 Å². The number of benzene rings is 2. The number of pyridine rings is 1. The molecule has 0 spiro atoms. The largest absolute Gasteiger partial charge is 0.279 e. The summed E-state index contributed by atoms with van der Waals surface area (Å²) in [6.45, 7) is 3.51. The summed E-state index contributed by atoms with van der Waals surface area (Å²) in [5.41, 5.74) is 1.84. The number of aromatic nitrogens is 2. The number of para-hydroxylation sites is 1. The topological polar surface area (TPSA) is 80.2 Å². The first-order valence-electron chi connectivity index (χ1n) is 9.87. The molecule has 164 valence electrons. The van der Waals surface area contributed by atoms with Gasteiger partial charge in [0, 0.05) is 18.0 Å². The van der Waals surface area contributed by atoms with Gasteiger partial charge in [0.25, 0.3) is 5.91 Å². The molecular formula is C23H20ClN3O3S2. The number of halogens is 1. The van der Waals surface area contributed by atoms with Crippen molar-refractivity contribution in [3.63, 3.8) is 0 Å². The van der Waals surface area contributed by atoms with E-state index in [0.717, 1.165) is 10.3 Å². The van der Waals surface area contributed by atoms with Gasteiger partial charge in [0.2, 0.25) is 0 Å². The first kappa shape index (κ1) is 22.4. The standard InChI is InChI=1S/C23H20ClN3O3S2/c1-15(2)32(29,30)18-10-8-17(9-11-18)22(28)27(14-16-5-4-12-25-13-16)23-26-21-19(24)6-3-7-20(21)31-23/h3-13,15H,14H2,1-2H3. The van der Waals surface area contributed by atoms with Crippen LogP contribution in [0, 0.1) is 0 Å². The van der Waals surface area contributed by atoms with Gasteiger partial charge in [-0.3, -0.25) is 14.7 Å². The molecule has 2 aromatic carbocycles. The Labute approximate surface area is 195 Å². The van der Waals surface area contributed by atoms with Gasteiger partial charge in [0.1, 0.15) is 5.52 Å². The van der Waals surface area contributed by atoms with Crippen molar-refractivity contribution in [2.75, 3.05) is 4.90 Å². The van der Waals surface area contributed by atoms with Gasteiger partial charge >= 0.3 is 0 Å². The fourth-order valence-corrected chi connectivity index (χ4v) is 5.46. The molecule has 2 heterocycles. The Balaban J connectivity index is 1.74. The summed E-state index contributed by atoms with van der Waals surface area (Å²) in [6.07, 6.45) is 3.36. The minimum Gasteiger partial charge on any atom is -0.279 e. The van der Waals surface area contributed by atoms with Crippen LogP contribution in [0.1, 0.15) is 29.8 Å². The summed E-state index contributed by atoms with van der Waals surface area (Å²) >= 11 is 7.66. The van der Waals surface area contributed by atoms with E-state index in [4.69, 9.17) is 11.6 Å². The Morgan fingerprint density at radius 2 is 1.84 bits per heavy atom. The van der Waals surface area contributed by atoms with Crippen molar-refractivity contribution in [1.82, 2.24) is 9.97 Å². The third kappa shape index (κ3) is 4.39. The summed E-state index contributed by atoms with van der Waals surface area (Å²) in [5, 5.41) is 0.474. The molecule has 32 heavy (non-hydrogen) atoms. The molecule has 4 aromatic rings. The molecule has 0 N–H and O–H groups in total. The van der Waals surface area contributed by atoms with Gasteiger partial charge < -0.3 is 0 Å². The zero-order valence-electron chi connectivity index (χ0n) is 17.4. The summed E-state index contributed by atoms with van der Waals surface area (Å²) in [6, 6.07) is 15.2. The molecule has 0 radical (unpaired) electrons. The number of carbonyl (C=O) groups excluding carboxylic acids is 1. The Morgan fingerprint density at radius 3 is 2.47 bits per heavy atom. The highest BCUT2D eigenvalue weighted by Crippen LogP contribution is 2.34. The SMILES string of the molecule is CC(C)S(=O)(=O)c1ccc(C(=O)N(Cc2cccnc2)c2nc3c(Cl)cccc3s2)cc1. The zero-order valence-corrected chi connectivity index (χ0v) is 19.8. The minimum absolute atomic E-state index is 0.189. The predicted octanol–water partition coefficient (Wildman–Crippen LogP) is 5.37. The number of amides is 1. The Kier molecular flexibility index (Phi) is 6.28. The fourth-order valence-electron chi connectivity index (χ4n) is 3.13. The highest BCUT2D eigenvalue weighted by atomic mass is 35.5. The Bertz CT molecular complexity index is 1370. The molecule has 0 fully saturated rings. The molecule has 0 bridgehead atoms. The molecule has 1 amide bonds. The number of hydrogen-bond acceptors (Lipinski definition) is 6. The molecule has 0 saturated carbocycles. The van der Waals surface area contributed by atoms with Crippen LogP contribution in [0.4, 0.5) is 5.13 Å². The second-order valence-electron chi connectivity index (χ2n) is 7.45. The van der Waals surface area contributed by atoms with Gasteiger partial charge in [0.05, 0.1) is 26.4 Å². The van der Waals surface area contributed by atoms with E-state index in [0.29, 0.717) is 21.2 Å². The van der Waals surface area contributed by atoms with E-state index in [9.17, 15) is 13.2 Å². The number of hydrogen-bond donors (Lipinski definition) is 0. The van der Waals surface area contributed by atoms with Crippen molar-refractivity contribution in [1.29, 1.82) is 0 Å². The lowest BCUT2D eigenvalue weighted by Crippen LogP contribution is -2.30. The van der Waals surface area contributed by atoms with Gasteiger partial charge in [-0.05, 0) is 61.9 Å². The molecule has 6 nitrogen and oxygen atoms in total. The van der Waals surface area contributed by atoms with Crippen LogP contribution in [0.15, 0.2) is 71.9 Å². The molecule has 0 aliphatic carbocycles. The van der Waals surface area contributed by atoms with Crippen molar-refractivity contribution in [2.24, 2.45) is 0 Å². The second-order valence-corrected chi connectivity index (χ2v) is 11.4. The molecular weight excluding hydrogens is 466 g/mol. The number of carbonyl (C=O) groups is 1. The van der Waals surface area contributed by atoms with Crippen LogP contribution in [0.2, 0.25) is 5.02 Å². The lowest BCUT2D eigenvalue weighted by molar-refractivity contribution is 0.0985. The normalized spacial score (nSPS) is 11.8. The average Bonchev–Trinajstić information content (AvgIpc) is 3.23. The molecule has 0 atom stereocenters. The molecule has 0 aliphatic heterocycles. The third-order valence-corrected chi connectivity index (χ3v) is 8.47. The zero-order chi connectivity index (χ0) is 22.9. The van der Waals surface area contributed by atoms with E-state index >= 15 is 0 Å². The van der Waals surface area contributed by atoms with E-state index < -0.39 is 15.1 Å². The lowest BCUT2D eigenvalue weighted by Gasteiger charge is -2.20. The second kappa shape index (κ2) is 8.97. The first-order valence-corrected chi connectivity index (χ1v) is 12.6. The van der Waals surface area contributed by atoms with Crippen LogP contribution in [0.25, 0.3) is 10.2 Å². The number of anilines is 1. The maximum Gasteiger partial charge on any atom is 0.260 e. The Morgan fingerprint density at radius 1 is 1.09 bits per heavy atom. The van der Waals surface area contributed by atoms with Gasteiger partial charge in [0.15, 0.2) is 15.0 Å². The highest BCUT2D eigenvalue weighted by molar-refractivity contribution is 7.92. The first-order chi connectivity index (χ1) is 15.3. The van der Waals surface area contributed by atoms with Crippen LogP contribution in [-0.4, -0.2) is 29.5 Å². The van der Waals surface area contributed by atoms with Crippen molar-refractivity contribution in [2.45, 2.75) is 30.5 Å². The fraction of sp³-hybridized carbons (Fsp3) is 0.174. The van der Waals surface area contributed by atoms with Crippen molar-refractivity contribution in [3.05, 3.63) is 83.1 Å². The quantitative estimate of drug-likeness (QED) is 0.366. The van der Waals surface area contributed by atoms with E-state index in [1.807, 2.05) is 18.2 Å². The Hall–Kier alpha value is -2.81. The van der Waals surface area contributed by atoms with E-state index in [1.165, 1.54) is 35.6 Å². The summed E-state index contributed by atoms with van der Waals surface area (Å²) in [7, 11) is -3.42. The van der Waals surface area contributed by atoms with Crippen molar-refractivity contribution < 1.29 is 13.2 Å². The van der Waals surface area contributed by atoms with E-state index in [1.54, 1.807) is 43.3 Å².